The SMILES string of the molecule is CC(C)(N)C(=O)N1CCN(C(=O)Nc2ccn(-c3ccc4c(c3)CCC(N(CC3CC3)C3CCC(N)CC3)C4)c(=O)n2)CC1.Cl. The van der Waals surface area contributed by atoms with E-state index in [1.54, 1.807) is 35.9 Å². The molecule has 2 heterocycles. The van der Waals surface area contributed by atoms with Gasteiger partial charge in [0.25, 0.3) is 0 Å². The molecule has 1 atom stereocenters. The van der Waals surface area contributed by atoms with Crippen LogP contribution in [0, 0.1) is 5.92 Å². The van der Waals surface area contributed by atoms with E-state index in [-0.39, 0.29) is 30.2 Å². The Balaban J connectivity index is 0.00000400. The number of aryl methyl sites for hydroxylation is 1. The van der Waals surface area contributed by atoms with E-state index in [9.17, 15) is 14.4 Å². The van der Waals surface area contributed by atoms with E-state index >= 15 is 0 Å². The summed E-state index contributed by atoms with van der Waals surface area (Å²) in [5, 5.41) is 2.74. The predicted molar refractivity (Wildman–Crippen MR) is 178 cm³/mol. The molecule has 3 amide bonds. The average molecular weight is 641 g/mol. The van der Waals surface area contributed by atoms with Crippen LogP contribution in [0.2, 0.25) is 0 Å². The summed E-state index contributed by atoms with van der Waals surface area (Å²) < 4.78 is 1.53. The van der Waals surface area contributed by atoms with E-state index in [1.165, 1.54) is 47.9 Å². The molecular formula is C33H49ClN8O3. The van der Waals surface area contributed by atoms with Crippen molar-refractivity contribution in [3.63, 3.8) is 0 Å². The lowest BCUT2D eigenvalue weighted by Gasteiger charge is -2.43. The van der Waals surface area contributed by atoms with Crippen molar-refractivity contribution in [3.8, 4) is 5.69 Å². The number of nitrogens with one attached hydrogen (secondary N) is 1. The van der Waals surface area contributed by atoms with Crippen LogP contribution in [0.25, 0.3) is 5.69 Å². The molecule has 3 aliphatic carbocycles. The first-order valence-electron chi connectivity index (χ1n) is 16.4. The van der Waals surface area contributed by atoms with Gasteiger partial charge in [-0.3, -0.25) is 19.6 Å². The summed E-state index contributed by atoms with van der Waals surface area (Å²) in [6.45, 7) is 6.18. The van der Waals surface area contributed by atoms with Crippen molar-refractivity contribution < 1.29 is 9.59 Å². The van der Waals surface area contributed by atoms with Crippen LogP contribution in [-0.4, -0.2) is 92.6 Å². The van der Waals surface area contributed by atoms with Gasteiger partial charge in [0.15, 0.2) is 0 Å². The van der Waals surface area contributed by atoms with Crippen LogP contribution in [0.15, 0.2) is 35.3 Å². The van der Waals surface area contributed by atoms with E-state index in [4.69, 9.17) is 11.5 Å². The summed E-state index contributed by atoms with van der Waals surface area (Å²) in [5.74, 6) is 0.940. The topological polar surface area (TPSA) is 143 Å². The van der Waals surface area contributed by atoms with Gasteiger partial charge < -0.3 is 21.3 Å². The molecule has 4 aliphatic rings. The zero-order chi connectivity index (χ0) is 31.0. The molecule has 0 radical (unpaired) electrons. The molecule has 3 fully saturated rings. The maximum Gasteiger partial charge on any atom is 0.354 e. The third kappa shape index (κ3) is 7.88. The first-order valence-corrected chi connectivity index (χ1v) is 16.4. The number of nitrogens with two attached hydrogens (primary N) is 2. The largest absolute Gasteiger partial charge is 0.354 e. The number of fused-ring (bicyclic) bond motifs is 1. The molecule has 11 nitrogen and oxygen atoms in total. The fraction of sp³-hybridized carbons (Fsp3) is 0.636. The maximum absolute atomic E-state index is 13.0. The van der Waals surface area contributed by atoms with Crippen LogP contribution in [0.3, 0.4) is 0 Å². The molecule has 6 rings (SSSR count). The third-order valence-electron chi connectivity index (χ3n) is 9.96. The molecule has 12 heteroatoms. The standard InChI is InChI=1S/C33H48N8O3.ClH/c1-33(2,35)30(42)38-15-17-39(18-16-38)31(43)36-29-13-14-40(32(44)37-29)27-9-5-24-20-28(10-6-23(24)19-27)41(21-22-3-4-22)26-11-7-25(34)8-12-26;/h5,9,13-14,19,22,25-26,28H,3-4,6-8,10-12,15-18,20-21,34-35H2,1-2H3,(H,36,37,43,44);1H. The van der Waals surface area contributed by atoms with E-state index in [0.717, 1.165) is 43.7 Å². The number of amides is 3. The first-order chi connectivity index (χ1) is 21.0. The number of nitrogens with zero attached hydrogens (tertiary/aromatic N) is 5. The Morgan fingerprint density at radius 2 is 1.64 bits per heavy atom. The minimum Gasteiger partial charge on any atom is -0.338 e. The van der Waals surface area contributed by atoms with Crippen molar-refractivity contribution in [1.82, 2.24) is 24.3 Å². The van der Waals surface area contributed by atoms with Gasteiger partial charge in [-0.25, -0.2) is 9.59 Å². The van der Waals surface area contributed by atoms with E-state index < -0.39 is 11.2 Å². The van der Waals surface area contributed by atoms with Gasteiger partial charge in [-0.15, -0.1) is 12.4 Å². The van der Waals surface area contributed by atoms with Gasteiger partial charge in [0.05, 0.1) is 11.2 Å². The van der Waals surface area contributed by atoms with E-state index in [1.807, 2.05) is 6.07 Å². The molecule has 1 aromatic heterocycles. The lowest BCUT2D eigenvalue weighted by atomic mass is 9.84. The summed E-state index contributed by atoms with van der Waals surface area (Å²) in [5.41, 5.74) is 14.2. The molecule has 45 heavy (non-hydrogen) atoms. The van der Waals surface area contributed by atoms with Crippen molar-refractivity contribution in [2.45, 2.75) is 95.3 Å². The number of halogens is 1. The van der Waals surface area contributed by atoms with Crippen molar-refractivity contribution in [1.29, 1.82) is 0 Å². The number of anilines is 1. The molecule has 0 spiro atoms. The number of aromatic nitrogens is 2. The molecule has 2 saturated carbocycles. The molecule has 2 aromatic rings. The molecule has 1 saturated heterocycles. The van der Waals surface area contributed by atoms with Crippen LogP contribution in [0.5, 0.6) is 0 Å². The number of piperazine rings is 1. The number of carbonyl (C=O) groups is 2. The minimum atomic E-state index is -0.945. The number of urea groups is 1. The van der Waals surface area contributed by atoms with Gasteiger partial charge in [0, 0.05) is 57.0 Å². The summed E-state index contributed by atoms with van der Waals surface area (Å²) >= 11 is 0. The second kappa shape index (κ2) is 13.8. The second-order valence-corrected chi connectivity index (χ2v) is 14.0. The lowest BCUT2D eigenvalue weighted by molar-refractivity contribution is -0.137. The van der Waals surface area contributed by atoms with Crippen LogP contribution >= 0.6 is 12.4 Å². The number of benzene rings is 1. The molecule has 0 bridgehead atoms. The number of hydrogen-bond acceptors (Lipinski definition) is 7. The molecule has 1 aromatic carbocycles. The van der Waals surface area contributed by atoms with Crippen LogP contribution in [0.1, 0.15) is 69.9 Å². The summed E-state index contributed by atoms with van der Waals surface area (Å²) in [4.78, 5) is 48.6. The highest BCUT2D eigenvalue weighted by atomic mass is 35.5. The van der Waals surface area contributed by atoms with Gasteiger partial charge in [-0.2, -0.15) is 4.98 Å². The number of carbonyl (C=O) groups excluding carboxylic acids is 2. The third-order valence-corrected chi connectivity index (χ3v) is 9.96. The average Bonchev–Trinajstić information content (AvgIpc) is 3.84. The summed E-state index contributed by atoms with van der Waals surface area (Å²) in [7, 11) is 0. The highest BCUT2D eigenvalue weighted by Gasteiger charge is 2.36. The van der Waals surface area contributed by atoms with E-state index in [0.29, 0.717) is 44.3 Å². The molecular weight excluding hydrogens is 592 g/mol. The van der Waals surface area contributed by atoms with Crippen LogP contribution in [-0.2, 0) is 17.6 Å². The second-order valence-electron chi connectivity index (χ2n) is 14.0. The van der Waals surface area contributed by atoms with Crippen molar-refractivity contribution in [3.05, 3.63) is 52.1 Å². The monoisotopic (exact) mass is 640 g/mol. The molecule has 5 N–H and O–H groups in total. The van der Waals surface area contributed by atoms with Crippen molar-refractivity contribution in [2.24, 2.45) is 17.4 Å². The fourth-order valence-electron chi connectivity index (χ4n) is 7.16. The van der Waals surface area contributed by atoms with Gasteiger partial charge in [-0.1, -0.05) is 6.07 Å². The Kier molecular flexibility index (Phi) is 10.2. The Labute approximate surface area is 272 Å². The van der Waals surface area contributed by atoms with Gasteiger partial charge in [-0.05, 0) is 107 Å². The summed E-state index contributed by atoms with van der Waals surface area (Å²) in [6.07, 6.45) is 12.3. The minimum absolute atomic E-state index is 0. The Bertz CT molecular complexity index is 1420. The van der Waals surface area contributed by atoms with Crippen molar-refractivity contribution >= 4 is 30.2 Å². The zero-order valence-corrected chi connectivity index (χ0v) is 27.4. The van der Waals surface area contributed by atoms with E-state index in [2.05, 4.69) is 27.3 Å². The Morgan fingerprint density at radius 3 is 2.29 bits per heavy atom. The van der Waals surface area contributed by atoms with Gasteiger partial charge in [0.1, 0.15) is 5.82 Å². The van der Waals surface area contributed by atoms with Gasteiger partial charge in [0.2, 0.25) is 5.91 Å². The Morgan fingerprint density at radius 1 is 0.956 bits per heavy atom. The van der Waals surface area contributed by atoms with Crippen molar-refractivity contribution in [2.75, 3.05) is 38.0 Å². The molecule has 1 aliphatic heterocycles. The molecule has 246 valence electrons. The Hall–Kier alpha value is -2.99. The fourth-order valence-corrected chi connectivity index (χ4v) is 7.16. The lowest BCUT2D eigenvalue weighted by Crippen LogP contribution is -2.58. The predicted octanol–water partition coefficient (Wildman–Crippen LogP) is 2.91. The highest BCUT2D eigenvalue weighted by Crippen LogP contribution is 2.36. The normalized spacial score (nSPS) is 23.7. The number of hydrogen-bond donors (Lipinski definition) is 3. The van der Waals surface area contributed by atoms with Crippen LogP contribution in [0.4, 0.5) is 10.6 Å². The van der Waals surface area contributed by atoms with Gasteiger partial charge >= 0.3 is 11.7 Å². The smallest absolute Gasteiger partial charge is 0.338 e. The summed E-state index contributed by atoms with van der Waals surface area (Å²) in [6, 6.07) is 9.21. The van der Waals surface area contributed by atoms with Crippen LogP contribution < -0.4 is 22.5 Å². The zero-order valence-electron chi connectivity index (χ0n) is 26.6. The first kappa shape index (κ1) is 33.4. The molecule has 1 unspecified atom stereocenters. The quantitative estimate of drug-likeness (QED) is 0.422. The highest BCUT2D eigenvalue weighted by molar-refractivity contribution is 5.89. The maximum atomic E-state index is 13.0. The number of rotatable bonds is 7.